The summed E-state index contributed by atoms with van der Waals surface area (Å²) in [5.74, 6) is 0. The number of aromatic nitrogens is 2. The summed E-state index contributed by atoms with van der Waals surface area (Å²) in [4.78, 5) is 5.35. The van der Waals surface area contributed by atoms with E-state index in [1.807, 2.05) is 0 Å². The summed E-state index contributed by atoms with van der Waals surface area (Å²) in [5, 5.41) is 2.87. The van der Waals surface area contributed by atoms with E-state index < -0.39 is 0 Å². The largest absolute Gasteiger partial charge is 0.348 e. The Morgan fingerprint density at radius 2 is 0.895 bits per heavy atom. The predicted octanol–water partition coefficient (Wildman–Crippen LogP) is 6.70. The topological polar surface area (TPSA) is 16.3 Å². The second-order valence-electron chi connectivity index (χ2n) is 12.0. The number of piperazine rings is 1. The number of benzene rings is 2. The molecule has 0 unspecified atom stereocenters. The summed E-state index contributed by atoms with van der Waals surface area (Å²) in [6, 6.07) is 9.61. The van der Waals surface area contributed by atoms with E-state index in [0.29, 0.717) is 0 Å². The highest BCUT2D eigenvalue weighted by atomic mass is 15.3. The lowest BCUT2D eigenvalue weighted by Gasteiger charge is -2.34. The first-order valence-electron chi connectivity index (χ1n) is 14.7. The molecule has 0 aliphatic carbocycles. The normalized spacial score (nSPS) is 15.4. The van der Waals surface area contributed by atoms with Crippen molar-refractivity contribution in [3.05, 3.63) is 69.0 Å². The predicted molar refractivity (Wildman–Crippen MR) is 164 cm³/mol. The van der Waals surface area contributed by atoms with Crippen LogP contribution in [0.5, 0.6) is 0 Å². The number of rotatable bonds is 8. The fourth-order valence-corrected chi connectivity index (χ4v) is 6.60. The third-order valence-electron chi connectivity index (χ3n) is 9.86. The molecule has 0 spiro atoms. The Labute approximate surface area is 230 Å². The summed E-state index contributed by atoms with van der Waals surface area (Å²) < 4.78 is 4.85. The van der Waals surface area contributed by atoms with E-state index in [1.54, 1.807) is 0 Å². The Morgan fingerprint density at radius 3 is 1.26 bits per heavy atom. The van der Waals surface area contributed by atoms with Crippen molar-refractivity contribution in [3.63, 3.8) is 0 Å². The molecule has 0 N–H and O–H groups in total. The molecule has 0 bridgehead atoms. The van der Waals surface area contributed by atoms with Crippen LogP contribution in [0.2, 0.25) is 0 Å². The maximum absolute atomic E-state index is 2.68. The van der Waals surface area contributed by atoms with Crippen LogP contribution in [0, 0.1) is 41.5 Å². The molecule has 4 aromatic rings. The van der Waals surface area contributed by atoms with Crippen LogP contribution >= 0.6 is 0 Å². The van der Waals surface area contributed by atoms with Crippen LogP contribution in [-0.4, -0.2) is 58.2 Å². The highest BCUT2D eigenvalue weighted by Gasteiger charge is 2.18. The zero-order valence-electron chi connectivity index (χ0n) is 25.2. The lowest BCUT2D eigenvalue weighted by Crippen LogP contribution is -2.46. The van der Waals surface area contributed by atoms with Crippen molar-refractivity contribution >= 4 is 21.8 Å². The molecule has 1 saturated heterocycles. The zero-order valence-corrected chi connectivity index (χ0v) is 25.2. The fraction of sp³-hybridized carbons (Fsp3) is 0.529. The van der Waals surface area contributed by atoms with Gasteiger partial charge in [0.25, 0.3) is 0 Å². The molecular formula is C34H48N4. The molecule has 3 heterocycles. The minimum Gasteiger partial charge on any atom is -0.348 e. The van der Waals surface area contributed by atoms with Gasteiger partial charge in [-0.1, -0.05) is 0 Å². The fourth-order valence-electron chi connectivity index (χ4n) is 6.60. The minimum atomic E-state index is 1.16. The van der Waals surface area contributed by atoms with Crippen molar-refractivity contribution in [3.8, 4) is 0 Å². The van der Waals surface area contributed by atoms with Crippen LogP contribution in [0.3, 0.4) is 0 Å². The smallest absolute Gasteiger partial charge is 0.0485 e. The third-order valence-corrected chi connectivity index (χ3v) is 9.86. The standard InChI is InChI=1S/C34H48N4/c1-23-19-33-31(27(5)25(23)3)21-29(35(33)7)11-9-13-37-15-17-38(18-16-37)14-10-12-30-22-32-28(6)26(4)24(2)20-34(32)36(30)8/h19-22H,9-18H2,1-8H3. The monoisotopic (exact) mass is 512 g/mol. The second kappa shape index (κ2) is 10.9. The quantitative estimate of drug-likeness (QED) is 0.261. The lowest BCUT2D eigenvalue weighted by molar-refractivity contribution is 0.130. The van der Waals surface area contributed by atoms with Crippen LogP contribution in [0.4, 0.5) is 0 Å². The van der Waals surface area contributed by atoms with Crippen molar-refractivity contribution < 1.29 is 0 Å². The van der Waals surface area contributed by atoms with Gasteiger partial charge < -0.3 is 18.9 Å². The molecule has 0 atom stereocenters. The van der Waals surface area contributed by atoms with Crippen LogP contribution in [0.15, 0.2) is 24.3 Å². The molecule has 2 aromatic heterocycles. The third kappa shape index (κ3) is 5.05. The molecule has 204 valence electrons. The summed E-state index contributed by atoms with van der Waals surface area (Å²) in [5.41, 5.74) is 14.3. The van der Waals surface area contributed by atoms with Crippen molar-refractivity contribution in [1.82, 2.24) is 18.9 Å². The van der Waals surface area contributed by atoms with Crippen molar-refractivity contribution in [2.75, 3.05) is 39.3 Å². The van der Waals surface area contributed by atoms with E-state index in [9.17, 15) is 0 Å². The van der Waals surface area contributed by atoms with Gasteiger partial charge in [0, 0.05) is 73.5 Å². The average molecular weight is 513 g/mol. The van der Waals surface area contributed by atoms with Gasteiger partial charge in [-0.25, -0.2) is 0 Å². The molecule has 4 heteroatoms. The van der Waals surface area contributed by atoms with Gasteiger partial charge >= 0.3 is 0 Å². The molecule has 0 radical (unpaired) electrons. The Hall–Kier alpha value is -2.56. The van der Waals surface area contributed by atoms with Crippen molar-refractivity contribution in [2.45, 2.75) is 67.2 Å². The summed E-state index contributed by atoms with van der Waals surface area (Å²) in [6.45, 7) is 20.8. The molecule has 0 saturated carbocycles. The molecule has 5 rings (SSSR count). The lowest BCUT2D eigenvalue weighted by atomic mass is 10.0. The number of nitrogens with zero attached hydrogens (tertiary/aromatic N) is 4. The Morgan fingerprint density at radius 1 is 0.526 bits per heavy atom. The van der Waals surface area contributed by atoms with E-state index in [2.05, 4.69) is 98.8 Å². The van der Waals surface area contributed by atoms with Gasteiger partial charge in [-0.3, -0.25) is 0 Å². The van der Waals surface area contributed by atoms with Crippen molar-refractivity contribution in [1.29, 1.82) is 0 Å². The van der Waals surface area contributed by atoms with Crippen LogP contribution < -0.4 is 0 Å². The maximum Gasteiger partial charge on any atom is 0.0485 e. The summed E-state index contributed by atoms with van der Waals surface area (Å²) in [6.07, 6.45) is 4.79. The molecule has 1 aliphatic rings. The van der Waals surface area contributed by atoms with Crippen LogP contribution in [0.25, 0.3) is 21.8 Å². The van der Waals surface area contributed by atoms with Gasteiger partial charge in [-0.2, -0.15) is 0 Å². The first kappa shape index (κ1) is 27.0. The van der Waals surface area contributed by atoms with Gasteiger partial charge in [-0.15, -0.1) is 0 Å². The number of fused-ring (bicyclic) bond motifs is 2. The Kier molecular flexibility index (Phi) is 7.75. The highest BCUT2D eigenvalue weighted by Crippen LogP contribution is 2.29. The molecule has 38 heavy (non-hydrogen) atoms. The molecular weight excluding hydrogens is 464 g/mol. The van der Waals surface area contributed by atoms with Gasteiger partial charge in [0.05, 0.1) is 0 Å². The van der Waals surface area contributed by atoms with Crippen molar-refractivity contribution in [2.24, 2.45) is 14.1 Å². The van der Waals surface area contributed by atoms with E-state index >= 15 is 0 Å². The molecule has 0 amide bonds. The SMILES string of the molecule is Cc1cc2c(cc(CCCN3CCN(CCCc4cc5c(C)c(C)c(C)cc5n4C)CC3)n2C)c(C)c1C. The zero-order chi connectivity index (χ0) is 27.1. The van der Waals surface area contributed by atoms with Gasteiger partial charge in [-0.05, 0) is 138 Å². The molecule has 4 nitrogen and oxygen atoms in total. The average Bonchev–Trinajstić information content (AvgIpc) is 3.38. The number of hydrogen-bond acceptors (Lipinski definition) is 2. The highest BCUT2D eigenvalue weighted by molar-refractivity contribution is 5.87. The van der Waals surface area contributed by atoms with E-state index in [-0.39, 0.29) is 0 Å². The Bertz CT molecular complexity index is 1350. The summed E-state index contributed by atoms with van der Waals surface area (Å²) in [7, 11) is 4.48. The van der Waals surface area contributed by atoms with Gasteiger partial charge in [0.15, 0.2) is 0 Å². The molecule has 1 fully saturated rings. The molecule has 2 aromatic carbocycles. The first-order chi connectivity index (χ1) is 18.2. The van der Waals surface area contributed by atoms with Crippen LogP contribution in [0.1, 0.15) is 57.6 Å². The molecule has 1 aliphatic heterocycles. The van der Waals surface area contributed by atoms with Gasteiger partial charge in [0.1, 0.15) is 0 Å². The van der Waals surface area contributed by atoms with E-state index in [1.165, 1.54) is 119 Å². The minimum absolute atomic E-state index is 1.16. The van der Waals surface area contributed by atoms with Crippen LogP contribution in [-0.2, 0) is 26.9 Å². The van der Waals surface area contributed by atoms with Gasteiger partial charge in [0.2, 0.25) is 0 Å². The Balaban J connectivity index is 1.08. The number of hydrogen-bond donors (Lipinski definition) is 0. The summed E-state index contributed by atoms with van der Waals surface area (Å²) >= 11 is 0. The van der Waals surface area contributed by atoms with E-state index in [0.717, 1.165) is 12.8 Å². The first-order valence-corrected chi connectivity index (χ1v) is 14.7. The maximum atomic E-state index is 2.68. The van der Waals surface area contributed by atoms with E-state index in [4.69, 9.17) is 0 Å². The second-order valence-corrected chi connectivity index (χ2v) is 12.0. The number of aryl methyl sites for hydroxylation is 8.